The van der Waals surface area contributed by atoms with Gasteiger partial charge in [-0.1, -0.05) is 30.3 Å². The molecule has 1 radical (unpaired) electrons. The Morgan fingerprint density at radius 1 is 1.40 bits per heavy atom. The lowest BCUT2D eigenvalue weighted by atomic mass is 10.2. The predicted molar refractivity (Wildman–Crippen MR) is 55.0 cm³/mol. The molecule has 0 spiro atoms. The quantitative estimate of drug-likeness (QED) is 0.720. The van der Waals surface area contributed by atoms with Crippen LogP contribution in [-0.2, 0) is 16.1 Å². The first-order valence-electron chi connectivity index (χ1n) is 4.59. The number of benzene rings is 1. The number of nitrogens with one attached hydrogen (secondary N) is 1. The van der Waals surface area contributed by atoms with Gasteiger partial charge in [0, 0.05) is 6.54 Å². The van der Waals surface area contributed by atoms with Crippen LogP contribution in [0.25, 0.3) is 0 Å². The SMILES string of the molecule is O=[C][C@H](CC(=O)O)NCc1ccccc1. The Morgan fingerprint density at radius 2 is 2.07 bits per heavy atom. The van der Waals surface area contributed by atoms with Crippen molar-refractivity contribution in [3.8, 4) is 0 Å². The first kappa shape index (κ1) is 11.4. The average Bonchev–Trinajstić information content (AvgIpc) is 2.25. The lowest BCUT2D eigenvalue weighted by Gasteiger charge is -2.09. The molecule has 0 aromatic heterocycles. The van der Waals surface area contributed by atoms with E-state index in [1.807, 2.05) is 30.3 Å². The Balaban J connectivity index is 2.41. The molecule has 1 atom stereocenters. The highest BCUT2D eigenvalue weighted by molar-refractivity contribution is 5.73. The zero-order valence-electron chi connectivity index (χ0n) is 8.14. The summed E-state index contributed by atoms with van der Waals surface area (Å²) in [5, 5.41) is 11.3. The van der Waals surface area contributed by atoms with Gasteiger partial charge in [-0.05, 0) is 5.56 Å². The van der Waals surface area contributed by atoms with Crippen LogP contribution in [0.4, 0.5) is 0 Å². The summed E-state index contributed by atoms with van der Waals surface area (Å²) in [6, 6.07) is 8.71. The number of carbonyl (C=O) groups is 1. The number of carbonyl (C=O) groups excluding carboxylic acids is 1. The van der Waals surface area contributed by atoms with E-state index in [-0.39, 0.29) is 6.42 Å². The molecule has 4 nitrogen and oxygen atoms in total. The molecule has 0 amide bonds. The van der Waals surface area contributed by atoms with Crippen LogP contribution >= 0.6 is 0 Å². The Hall–Kier alpha value is -1.68. The van der Waals surface area contributed by atoms with Gasteiger partial charge in [-0.15, -0.1) is 0 Å². The van der Waals surface area contributed by atoms with Gasteiger partial charge in [-0.2, -0.15) is 0 Å². The predicted octanol–water partition coefficient (Wildman–Crippen LogP) is 0.729. The van der Waals surface area contributed by atoms with Crippen LogP contribution in [0.2, 0.25) is 0 Å². The maximum atomic E-state index is 10.4. The van der Waals surface area contributed by atoms with Crippen LogP contribution in [0, 0.1) is 0 Å². The smallest absolute Gasteiger partial charge is 0.305 e. The maximum Gasteiger partial charge on any atom is 0.305 e. The van der Waals surface area contributed by atoms with Crippen molar-refractivity contribution in [1.82, 2.24) is 5.32 Å². The third kappa shape index (κ3) is 4.37. The lowest BCUT2D eigenvalue weighted by molar-refractivity contribution is -0.137. The Morgan fingerprint density at radius 3 is 2.60 bits per heavy atom. The van der Waals surface area contributed by atoms with Crippen molar-refractivity contribution in [2.75, 3.05) is 0 Å². The van der Waals surface area contributed by atoms with Crippen molar-refractivity contribution in [1.29, 1.82) is 0 Å². The first-order valence-corrected chi connectivity index (χ1v) is 4.59. The van der Waals surface area contributed by atoms with Crippen LogP contribution in [0.1, 0.15) is 12.0 Å². The van der Waals surface area contributed by atoms with Crippen molar-refractivity contribution in [3.63, 3.8) is 0 Å². The van der Waals surface area contributed by atoms with Gasteiger partial charge in [-0.3, -0.25) is 9.59 Å². The normalized spacial score (nSPS) is 12.0. The number of hydrogen-bond donors (Lipinski definition) is 2. The Kier molecular flexibility index (Phi) is 4.50. The van der Waals surface area contributed by atoms with E-state index >= 15 is 0 Å². The third-order valence-electron chi connectivity index (χ3n) is 1.92. The molecule has 1 rings (SSSR count). The summed E-state index contributed by atoms with van der Waals surface area (Å²) in [4.78, 5) is 20.8. The van der Waals surface area contributed by atoms with E-state index in [4.69, 9.17) is 5.11 Å². The highest BCUT2D eigenvalue weighted by Crippen LogP contribution is 1.98. The van der Waals surface area contributed by atoms with Crippen molar-refractivity contribution in [2.24, 2.45) is 0 Å². The largest absolute Gasteiger partial charge is 0.481 e. The summed E-state index contributed by atoms with van der Waals surface area (Å²) in [7, 11) is 0. The molecule has 15 heavy (non-hydrogen) atoms. The highest BCUT2D eigenvalue weighted by Gasteiger charge is 2.11. The topological polar surface area (TPSA) is 66.4 Å². The minimum absolute atomic E-state index is 0.240. The zero-order valence-corrected chi connectivity index (χ0v) is 8.14. The first-order chi connectivity index (χ1) is 7.22. The van der Waals surface area contributed by atoms with Crippen LogP contribution in [0.15, 0.2) is 30.3 Å². The van der Waals surface area contributed by atoms with Gasteiger partial charge in [-0.25, -0.2) is 0 Å². The molecular formula is C11H12NO3. The minimum atomic E-state index is -1.01. The van der Waals surface area contributed by atoms with Gasteiger partial charge in [0.2, 0.25) is 6.29 Å². The minimum Gasteiger partial charge on any atom is -0.481 e. The molecule has 1 aromatic rings. The Bertz CT molecular complexity index is 324. The van der Waals surface area contributed by atoms with Crippen molar-refractivity contribution in [3.05, 3.63) is 35.9 Å². The number of aliphatic carboxylic acids is 1. The van der Waals surface area contributed by atoms with Gasteiger partial charge >= 0.3 is 5.97 Å². The fraction of sp³-hybridized carbons (Fsp3) is 0.273. The number of rotatable bonds is 6. The molecule has 4 heteroatoms. The average molecular weight is 206 g/mol. The number of hydrogen-bond acceptors (Lipinski definition) is 3. The second kappa shape index (κ2) is 5.93. The fourth-order valence-electron chi connectivity index (χ4n) is 1.17. The van der Waals surface area contributed by atoms with Crippen molar-refractivity contribution < 1.29 is 14.7 Å². The molecule has 0 heterocycles. The van der Waals surface area contributed by atoms with E-state index in [1.165, 1.54) is 0 Å². The second-order valence-electron chi connectivity index (χ2n) is 3.13. The van der Waals surface area contributed by atoms with Gasteiger partial charge in [0.15, 0.2) is 0 Å². The van der Waals surface area contributed by atoms with Crippen LogP contribution in [0.5, 0.6) is 0 Å². The molecule has 0 aliphatic heterocycles. The second-order valence-corrected chi connectivity index (χ2v) is 3.13. The lowest BCUT2D eigenvalue weighted by Crippen LogP contribution is -2.32. The number of carboxylic acid groups (broad SMARTS) is 1. The summed E-state index contributed by atoms with van der Waals surface area (Å²) in [6.07, 6.45) is 1.42. The van der Waals surface area contributed by atoms with E-state index in [2.05, 4.69) is 5.32 Å². The van der Waals surface area contributed by atoms with Crippen molar-refractivity contribution in [2.45, 2.75) is 19.0 Å². The van der Waals surface area contributed by atoms with E-state index in [0.717, 1.165) is 5.56 Å². The highest BCUT2D eigenvalue weighted by atomic mass is 16.4. The molecule has 0 unspecified atom stereocenters. The molecule has 0 aliphatic carbocycles. The molecule has 0 aliphatic rings. The summed E-state index contributed by atoms with van der Waals surface area (Å²) < 4.78 is 0. The molecule has 0 saturated carbocycles. The number of carboxylic acids is 1. The molecule has 0 saturated heterocycles. The van der Waals surface area contributed by atoms with E-state index in [9.17, 15) is 9.59 Å². The van der Waals surface area contributed by atoms with Gasteiger partial charge in [0.1, 0.15) is 0 Å². The Labute approximate surface area is 87.9 Å². The van der Waals surface area contributed by atoms with Gasteiger partial charge in [0.25, 0.3) is 0 Å². The van der Waals surface area contributed by atoms with Crippen LogP contribution in [-0.4, -0.2) is 23.4 Å². The summed E-state index contributed by atoms with van der Waals surface area (Å²) in [6.45, 7) is 0.466. The fourth-order valence-corrected chi connectivity index (χ4v) is 1.17. The maximum absolute atomic E-state index is 10.4. The zero-order chi connectivity index (χ0) is 11.1. The van der Waals surface area contributed by atoms with Crippen LogP contribution < -0.4 is 5.32 Å². The van der Waals surface area contributed by atoms with E-state index in [1.54, 1.807) is 6.29 Å². The summed E-state index contributed by atoms with van der Waals surface area (Å²) >= 11 is 0. The molecule has 1 aromatic carbocycles. The van der Waals surface area contributed by atoms with E-state index < -0.39 is 12.0 Å². The third-order valence-corrected chi connectivity index (χ3v) is 1.92. The van der Waals surface area contributed by atoms with Gasteiger partial charge in [0.05, 0.1) is 12.5 Å². The standard InChI is InChI=1S/C11H12NO3/c13-8-10(6-11(14)15)12-7-9-4-2-1-3-5-9/h1-5,10,12H,6-7H2,(H,14,15)/t10-/m0/s1. The summed E-state index contributed by atoms with van der Waals surface area (Å²) in [5.41, 5.74) is 1.00. The summed E-state index contributed by atoms with van der Waals surface area (Å²) in [5.74, 6) is -1.01. The molecule has 0 fully saturated rings. The van der Waals surface area contributed by atoms with E-state index in [0.29, 0.717) is 6.54 Å². The molecule has 2 N–H and O–H groups in total. The molecular weight excluding hydrogens is 194 g/mol. The molecule has 0 bridgehead atoms. The molecule has 79 valence electrons. The monoisotopic (exact) mass is 206 g/mol. The van der Waals surface area contributed by atoms with Gasteiger partial charge < -0.3 is 10.4 Å². The van der Waals surface area contributed by atoms with Crippen LogP contribution in [0.3, 0.4) is 0 Å². The van der Waals surface area contributed by atoms with Crippen molar-refractivity contribution >= 4 is 12.3 Å².